The standard InChI is InChI=1S/C18H20BrCl2NO2/c1-3-7-24-18-14(19)8-12(9-17(18)23-4-2)11-22-16-6-5-13(20)10-15(16)21/h5-6,8-10,22H,3-4,7,11H2,1-2H3. The van der Waals surface area contributed by atoms with Crippen molar-refractivity contribution in [3.8, 4) is 11.5 Å². The zero-order chi connectivity index (χ0) is 17.5. The second-order valence-corrected chi connectivity index (χ2v) is 6.86. The highest BCUT2D eigenvalue weighted by Gasteiger charge is 2.12. The Balaban J connectivity index is 2.17. The van der Waals surface area contributed by atoms with Gasteiger partial charge in [0.1, 0.15) is 0 Å². The lowest BCUT2D eigenvalue weighted by Gasteiger charge is -2.16. The molecular weight excluding hydrogens is 413 g/mol. The summed E-state index contributed by atoms with van der Waals surface area (Å²) in [6.45, 7) is 5.86. The predicted molar refractivity (Wildman–Crippen MR) is 105 cm³/mol. The molecule has 0 spiro atoms. The van der Waals surface area contributed by atoms with E-state index in [1.54, 1.807) is 12.1 Å². The van der Waals surface area contributed by atoms with Crippen LogP contribution >= 0.6 is 39.1 Å². The fourth-order valence-electron chi connectivity index (χ4n) is 2.16. The third kappa shape index (κ3) is 5.20. The van der Waals surface area contributed by atoms with Gasteiger partial charge >= 0.3 is 0 Å². The second-order valence-electron chi connectivity index (χ2n) is 5.16. The lowest BCUT2D eigenvalue weighted by Crippen LogP contribution is -2.04. The molecule has 0 radical (unpaired) electrons. The summed E-state index contributed by atoms with van der Waals surface area (Å²) in [6, 6.07) is 9.38. The number of hydrogen-bond donors (Lipinski definition) is 1. The van der Waals surface area contributed by atoms with Crippen molar-refractivity contribution in [3.05, 3.63) is 50.4 Å². The Morgan fingerprint density at radius 1 is 1.08 bits per heavy atom. The molecule has 0 aliphatic carbocycles. The van der Waals surface area contributed by atoms with Gasteiger partial charge in [-0.05, 0) is 65.2 Å². The highest BCUT2D eigenvalue weighted by atomic mass is 79.9. The fraction of sp³-hybridized carbons (Fsp3) is 0.333. The summed E-state index contributed by atoms with van der Waals surface area (Å²) in [4.78, 5) is 0. The van der Waals surface area contributed by atoms with E-state index >= 15 is 0 Å². The molecule has 2 rings (SSSR count). The number of benzene rings is 2. The minimum atomic E-state index is 0.578. The van der Waals surface area contributed by atoms with Gasteiger partial charge in [0.2, 0.25) is 0 Å². The number of nitrogens with one attached hydrogen (secondary N) is 1. The van der Waals surface area contributed by atoms with Gasteiger partial charge in [-0.3, -0.25) is 0 Å². The first kappa shape index (κ1) is 19.2. The van der Waals surface area contributed by atoms with Crippen LogP contribution in [0.4, 0.5) is 5.69 Å². The lowest BCUT2D eigenvalue weighted by atomic mass is 10.2. The summed E-state index contributed by atoms with van der Waals surface area (Å²) in [5.74, 6) is 1.48. The quantitative estimate of drug-likeness (QED) is 0.512. The van der Waals surface area contributed by atoms with Gasteiger partial charge in [0, 0.05) is 11.6 Å². The van der Waals surface area contributed by atoms with Crippen molar-refractivity contribution in [3.63, 3.8) is 0 Å². The molecule has 2 aromatic carbocycles. The van der Waals surface area contributed by atoms with Gasteiger partial charge in [-0.2, -0.15) is 0 Å². The number of rotatable bonds is 8. The van der Waals surface area contributed by atoms with Crippen molar-refractivity contribution in [2.45, 2.75) is 26.8 Å². The van der Waals surface area contributed by atoms with Gasteiger partial charge in [-0.15, -0.1) is 0 Å². The molecule has 6 heteroatoms. The van der Waals surface area contributed by atoms with E-state index in [0.717, 1.165) is 33.6 Å². The molecule has 0 aromatic heterocycles. The van der Waals surface area contributed by atoms with Gasteiger partial charge in [0.05, 0.1) is 28.4 Å². The Morgan fingerprint density at radius 2 is 1.88 bits per heavy atom. The average molecular weight is 433 g/mol. The molecule has 0 unspecified atom stereocenters. The van der Waals surface area contributed by atoms with Crippen molar-refractivity contribution >= 4 is 44.8 Å². The molecule has 0 heterocycles. The van der Waals surface area contributed by atoms with Crippen molar-refractivity contribution < 1.29 is 9.47 Å². The molecule has 0 amide bonds. The van der Waals surface area contributed by atoms with Crippen LogP contribution in [0.25, 0.3) is 0 Å². The molecule has 0 aliphatic rings. The molecule has 0 saturated carbocycles. The van der Waals surface area contributed by atoms with E-state index in [1.165, 1.54) is 0 Å². The van der Waals surface area contributed by atoms with Crippen LogP contribution in [0.5, 0.6) is 11.5 Å². The van der Waals surface area contributed by atoms with Crippen molar-refractivity contribution in [1.82, 2.24) is 0 Å². The van der Waals surface area contributed by atoms with Crippen LogP contribution in [0.15, 0.2) is 34.8 Å². The average Bonchev–Trinajstić information content (AvgIpc) is 2.53. The van der Waals surface area contributed by atoms with Crippen LogP contribution in [-0.4, -0.2) is 13.2 Å². The second kappa shape index (κ2) is 9.40. The summed E-state index contributed by atoms with van der Waals surface area (Å²) < 4.78 is 12.4. The molecule has 1 N–H and O–H groups in total. The molecule has 24 heavy (non-hydrogen) atoms. The first-order valence-electron chi connectivity index (χ1n) is 7.82. The van der Waals surface area contributed by atoms with Crippen molar-refractivity contribution in [1.29, 1.82) is 0 Å². The normalized spacial score (nSPS) is 10.5. The van der Waals surface area contributed by atoms with E-state index in [2.05, 4.69) is 28.2 Å². The topological polar surface area (TPSA) is 30.5 Å². The Labute approximate surface area is 161 Å². The van der Waals surface area contributed by atoms with Crippen LogP contribution in [0.1, 0.15) is 25.8 Å². The minimum Gasteiger partial charge on any atom is -0.490 e. The van der Waals surface area contributed by atoms with Crippen LogP contribution in [-0.2, 0) is 6.54 Å². The lowest BCUT2D eigenvalue weighted by molar-refractivity contribution is 0.275. The van der Waals surface area contributed by atoms with E-state index in [1.807, 2.05) is 25.1 Å². The van der Waals surface area contributed by atoms with E-state index in [-0.39, 0.29) is 0 Å². The number of anilines is 1. The molecule has 0 bridgehead atoms. The summed E-state index contributed by atoms with van der Waals surface area (Å²) in [7, 11) is 0. The molecule has 0 atom stereocenters. The minimum absolute atomic E-state index is 0.578. The number of hydrogen-bond acceptors (Lipinski definition) is 3. The summed E-state index contributed by atoms with van der Waals surface area (Å²) in [5, 5.41) is 4.52. The Morgan fingerprint density at radius 3 is 2.54 bits per heavy atom. The Hall–Kier alpha value is -1.10. The van der Waals surface area contributed by atoms with Crippen molar-refractivity contribution in [2.24, 2.45) is 0 Å². The number of ether oxygens (including phenoxy) is 2. The molecule has 2 aromatic rings. The molecule has 130 valence electrons. The van der Waals surface area contributed by atoms with Gasteiger partial charge < -0.3 is 14.8 Å². The molecule has 0 saturated heterocycles. The molecule has 3 nitrogen and oxygen atoms in total. The van der Waals surface area contributed by atoms with Crippen molar-refractivity contribution in [2.75, 3.05) is 18.5 Å². The highest BCUT2D eigenvalue weighted by Crippen LogP contribution is 2.37. The van der Waals surface area contributed by atoms with Gasteiger partial charge in [0.15, 0.2) is 11.5 Å². The zero-order valence-corrected chi connectivity index (χ0v) is 16.8. The Bertz CT molecular complexity index is 695. The van der Waals surface area contributed by atoms with Gasteiger partial charge in [-0.1, -0.05) is 30.1 Å². The molecule has 0 aliphatic heterocycles. The number of halogens is 3. The van der Waals surface area contributed by atoms with Crippen LogP contribution < -0.4 is 14.8 Å². The van der Waals surface area contributed by atoms with Crippen LogP contribution in [0, 0.1) is 0 Å². The largest absolute Gasteiger partial charge is 0.490 e. The van der Waals surface area contributed by atoms with E-state index in [4.69, 9.17) is 32.7 Å². The first-order valence-corrected chi connectivity index (χ1v) is 9.37. The summed E-state index contributed by atoms with van der Waals surface area (Å²) in [5.41, 5.74) is 1.89. The zero-order valence-electron chi connectivity index (χ0n) is 13.7. The smallest absolute Gasteiger partial charge is 0.175 e. The SMILES string of the molecule is CCCOc1c(Br)cc(CNc2ccc(Cl)cc2Cl)cc1OCC. The Kier molecular flexibility index (Phi) is 7.53. The predicted octanol–water partition coefficient (Wildman–Crippen LogP) is 6.56. The van der Waals surface area contributed by atoms with Crippen LogP contribution in [0.2, 0.25) is 10.0 Å². The third-order valence-corrected chi connectivity index (χ3v) is 4.37. The maximum atomic E-state index is 6.19. The van der Waals surface area contributed by atoms with Gasteiger partial charge in [0.25, 0.3) is 0 Å². The summed E-state index contributed by atoms with van der Waals surface area (Å²) >= 11 is 15.7. The van der Waals surface area contributed by atoms with E-state index in [0.29, 0.717) is 29.8 Å². The maximum Gasteiger partial charge on any atom is 0.175 e. The fourth-order valence-corrected chi connectivity index (χ4v) is 3.24. The molecule has 0 fully saturated rings. The summed E-state index contributed by atoms with van der Waals surface area (Å²) in [6.07, 6.45) is 0.941. The van der Waals surface area contributed by atoms with E-state index in [9.17, 15) is 0 Å². The maximum absolute atomic E-state index is 6.19. The molecular formula is C18H20BrCl2NO2. The van der Waals surface area contributed by atoms with Gasteiger partial charge in [-0.25, -0.2) is 0 Å². The first-order chi connectivity index (χ1) is 11.5. The monoisotopic (exact) mass is 431 g/mol. The van der Waals surface area contributed by atoms with E-state index < -0.39 is 0 Å². The third-order valence-electron chi connectivity index (χ3n) is 3.23. The highest BCUT2D eigenvalue weighted by molar-refractivity contribution is 9.10. The van der Waals surface area contributed by atoms with Crippen LogP contribution in [0.3, 0.4) is 0 Å².